The molecule has 2 heterocycles. The Morgan fingerprint density at radius 1 is 1.04 bits per heavy atom. The maximum Gasteiger partial charge on any atom is 0.229 e. The molecule has 4 rings (SSSR count). The number of fused-ring (bicyclic) bond motifs is 1. The maximum absolute atomic E-state index is 8.90. The summed E-state index contributed by atoms with van der Waals surface area (Å²) < 4.78 is 5.96. The van der Waals surface area contributed by atoms with E-state index >= 15 is 0 Å². The third kappa shape index (κ3) is 3.12. The van der Waals surface area contributed by atoms with Crippen LogP contribution in [0.1, 0.15) is 5.56 Å². The number of aromatic nitrogens is 3. The molecule has 0 amide bonds. The number of benzene rings is 2. The van der Waals surface area contributed by atoms with Crippen LogP contribution in [0.25, 0.3) is 10.8 Å². The lowest BCUT2D eigenvalue weighted by atomic mass is 10.1. The first kappa shape index (κ1) is 14.7. The van der Waals surface area contributed by atoms with Crippen molar-refractivity contribution in [1.82, 2.24) is 15.2 Å². The summed E-state index contributed by atoms with van der Waals surface area (Å²) in [5.74, 6) is 2.50. The van der Waals surface area contributed by atoms with Gasteiger partial charge in [-0.3, -0.25) is 5.10 Å². The van der Waals surface area contributed by atoms with Gasteiger partial charge >= 0.3 is 0 Å². The molecule has 4 aromatic rings. The van der Waals surface area contributed by atoms with Crippen LogP contribution in [0.5, 0.6) is 11.6 Å². The third-order valence-corrected chi connectivity index (χ3v) is 3.67. The van der Waals surface area contributed by atoms with Crippen molar-refractivity contribution in [3.05, 3.63) is 72.4 Å². The fourth-order valence-electron chi connectivity index (χ4n) is 2.48. The van der Waals surface area contributed by atoms with Crippen molar-refractivity contribution < 1.29 is 4.74 Å². The molecular weight excluding hydrogens is 314 g/mol. The first-order valence-corrected chi connectivity index (χ1v) is 7.66. The van der Waals surface area contributed by atoms with Crippen LogP contribution < -0.4 is 10.1 Å². The number of pyridine rings is 1. The van der Waals surface area contributed by atoms with E-state index in [4.69, 9.17) is 10.00 Å². The number of nitrogens with zero attached hydrogens (tertiary/aromatic N) is 3. The van der Waals surface area contributed by atoms with E-state index in [9.17, 15) is 0 Å². The first-order chi connectivity index (χ1) is 12.3. The van der Waals surface area contributed by atoms with Gasteiger partial charge in [-0.1, -0.05) is 18.2 Å². The number of ether oxygens (including phenoxy) is 1. The minimum absolute atomic E-state index is 0.491. The van der Waals surface area contributed by atoms with E-state index in [1.807, 2.05) is 36.4 Å². The second-order valence-electron chi connectivity index (χ2n) is 5.37. The Morgan fingerprint density at radius 3 is 2.64 bits per heavy atom. The Hall–Kier alpha value is -3.85. The van der Waals surface area contributed by atoms with Gasteiger partial charge in [-0.2, -0.15) is 15.3 Å². The SMILES string of the molecule is N#Cc1ccc(Oc2nc(Nc3ccn[nH]3)cc3ccccc23)cc1. The summed E-state index contributed by atoms with van der Waals surface area (Å²) in [6, 6.07) is 20.7. The zero-order valence-corrected chi connectivity index (χ0v) is 13.1. The van der Waals surface area contributed by atoms with Crippen molar-refractivity contribution in [3.63, 3.8) is 0 Å². The van der Waals surface area contributed by atoms with Gasteiger partial charge in [-0.15, -0.1) is 0 Å². The van der Waals surface area contributed by atoms with Crippen LogP contribution in [0.3, 0.4) is 0 Å². The molecule has 0 bridgehead atoms. The minimum Gasteiger partial charge on any atom is -0.438 e. The zero-order valence-electron chi connectivity index (χ0n) is 13.1. The number of anilines is 2. The second-order valence-corrected chi connectivity index (χ2v) is 5.37. The van der Waals surface area contributed by atoms with Gasteiger partial charge in [0.1, 0.15) is 17.4 Å². The molecule has 0 aliphatic carbocycles. The minimum atomic E-state index is 0.491. The molecule has 0 atom stereocenters. The van der Waals surface area contributed by atoms with Crippen molar-refractivity contribution in [3.8, 4) is 17.7 Å². The summed E-state index contributed by atoms with van der Waals surface area (Å²) in [7, 11) is 0. The van der Waals surface area contributed by atoms with E-state index in [1.54, 1.807) is 30.5 Å². The van der Waals surface area contributed by atoms with Crippen molar-refractivity contribution in [2.45, 2.75) is 0 Å². The molecule has 2 N–H and O–H groups in total. The van der Waals surface area contributed by atoms with E-state index in [1.165, 1.54) is 0 Å². The summed E-state index contributed by atoms with van der Waals surface area (Å²) in [5.41, 5.74) is 0.583. The summed E-state index contributed by atoms with van der Waals surface area (Å²) in [6.07, 6.45) is 1.66. The van der Waals surface area contributed by atoms with Crippen LogP contribution in [0.4, 0.5) is 11.6 Å². The maximum atomic E-state index is 8.90. The van der Waals surface area contributed by atoms with E-state index in [2.05, 4.69) is 26.6 Å². The van der Waals surface area contributed by atoms with Crippen molar-refractivity contribution in [2.24, 2.45) is 0 Å². The van der Waals surface area contributed by atoms with Gasteiger partial charge in [0.2, 0.25) is 5.88 Å². The average molecular weight is 327 g/mol. The van der Waals surface area contributed by atoms with Gasteiger partial charge in [0.05, 0.1) is 17.8 Å². The van der Waals surface area contributed by atoms with Crippen molar-refractivity contribution in [2.75, 3.05) is 5.32 Å². The standard InChI is InChI=1S/C19H13N5O/c20-12-13-5-7-15(8-6-13)25-19-16-4-2-1-3-14(16)11-18(23-19)22-17-9-10-21-24-17/h1-11H,(H2,21,22,23,24). The highest BCUT2D eigenvalue weighted by molar-refractivity contribution is 5.89. The highest BCUT2D eigenvalue weighted by Gasteiger charge is 2.09. The lowest BCUT2D eigenvalue weighted by Gasteiger charge is -2.11. The normalized spacial score (nSPS) is 10.4. The fraction of sp³-hybridized carbons (Fsp3) is 0. The fourth-order valence-corrected chi connectivity index (χ4v) is 2.48. The molecule has 0 fully saturated rings. The number of H-pyrrole nitrogens is 1. The highest BCUT2D eigenvalue weighted by atomic mass is 16.5. The average Bonchev–Trinajstić information content (AvgIpc) is 3.15. The molecule has 25 heavy (non-hydrogen) atoms. The van der Waals surface area contributed by atoms with Crippen LogP contribution in [0.2, 0.25) is 0 Å². The molecule has 2 aromatic heterocycles. The highest BCUT2D eigenvalue weighted by Crippen LogP contribution is 2.31. The second kappa shape index (κ2) is 6.34. The van der Waals surface area contributed by atoms with Crippen LogP contribution in [0, 0.1) is 11.3 Å². The third-order valence-electron chi connectivity index (χ3n) is 3.67. The van der Waals surface area contributed by atoms with Crippen molar-refractivity contribution in [1.29, 1.82) is 5.26 Å². The molecule has 0 aliphatic heterocycles. The van der Waals surface area contributed by atoms with Gasteiger partial charge in [-0.25, -0.2) is 0 Å². The Bertz CT molecular complexity index is 1050. The Morgan fingerprint density at radius 2 is 1.88 bits per heavy atom. The lowest BCUT2D eigenvalue weighted by Crippen LogP contribution is -1.97. The molecule has 120 valence electrons. The van der Waals surface area contributed by atoms with Crippen molar-refractivity contribution >= 4 is 22.4 Å². The quantitative estimate of drug-likeness (QED) is 0.581. The van der Waals surface area contributed by atoms with Crippen LogP contribution in [-0.4, -0.2) is 15.2 Å². The molecule has 6 heteroatoms. The number of nitrogens with one attached hydrogen (secondary N) is 2. The van der Waals surface area contributed by atoms with Crippen LogP contribution in [0.15, 0.2) is 66.9 Å². The molecule has 2 aromatic carbocycles. The summed E-state index contributed by atoms with van der Waals surface area (Å²) >= 11 is 0. The van der Waals surface area contributed by atoms with Gasteiger partial charge < -0.3 is 10.1 Å². The summed E-state index contributed by atoms with van der Waals surface area (Å²) in [6.45, 7) is 0. The molecule has 0 radical (unpaired) electrons. The van der Waals surface area contributed by atoms with E-state index in [-0.39, 0.29) is 0 Å². The molecule has 0 saturated carbocycles. The largest absolute Gasteiger partial charge is 0.438 e. The molecule has 0 aliphatic rings. The topological polar surface area (TPSA) is 86.6 Å². The Labute approximate surface area is 143 Å². The van der Waals surface area contributed by atoms with Crippen LogP contribution >= 0.6 is 0 Å². The predicted octanol–water partition coefficient (Wildman–Crippen LogP) is 4.37. The number of hydrogen-bond acceptors (Lipinski definition) is 5. The summed E-state index contributed by atoms with van der Waals surface area (Å²) in [4.78, 5) is 4.57. The Balaban J connectivity index is 1.73. The first-order valence-electron chi connectivity index (χ1n) is 7.66. The lowest BCUT2D eigenvalue weighted by molar-refractivity contribution is 0.470. The molecule has 6 nitrogen and oxygen atoms in total. The van der Waals surface area contributed by atoms with Gasteiger partial charge in [0, 0.05) is 11.5 Å². The number of hydrogen-bond donors (Lipinski definition) is 2. The predicted molar refractivity (Wildman–Crippen MR) is 94.8 cm³/mol. The van der Waals surface area contributed by atoms with Gasteiger partial charge in [-0.05, 0) is 41.8 Å². The molecule has 0 spiro atoms. The van der Waals surface area contributed by atoms with E-state index < -0.39 is 0 Å². The smallest absolute Gasteiger partial charge is 0.229 e. The number of nitriles is 1. The zero-order chi connectivity index (χ0) is 17.1. The summed E-state index contributed by atoms with van der Waals surface area (Å²) in [5, 5.41) is 20.7. The number of aromatic amines is 1. The van der Waals surface area contributed by atoms with Gasteiger partial charge in [0.15, 0.2) is 0 Å². The van der Waals surface area contributed by atoms with E-state index in [0.717, 1.165) is 16.6 Å². The monoisotopic (exact) mass is 327 g/mol. The van der Waals surface area contributed by atoms with Crippen LogP contribution in [-0.2, 0) is 0 Å². The molecular formula is C19H13N5O. The molecule has 0 saturated heterocycles. The van der Waals surface area contributed by atoms with E-state index in [0.29, 0.717) is 23.0 Å². The molecule has 0 unspecified atom stereocenters. The number of rotatable bonds is 4. The Kier molecular flexibility index (Phi) is 3.73. The van der Waals surface area contributed by atoms with Gasteiger partial charge in [0.25, 0.3) is 0 Å².